The molecule has 0 aliphatic heterocycles. The molecule has 0 aliphatic rings. The number of anilines is 1. The molecule has 0 bridgehead atoms. The first kappa shape index (κ1) is 9.65. The van der Waals surface area contributed by atoms with E-state index in [1.165, 1.54) is 6.26 Å². The van der Waals surface area contributed by atoms with Crippen LogP contribution in [0, 0.1) is 0 Å². The van der Waals surface area contributed by atoms with Gasteiger partial charge in [-0.25, -0.2) is 4.98 Å². The van der Waals surface area contributed by atoms with E-state index in [9.17, 15) is 0 Å². The molecule has 17 heavy (non-hydrogen) atoms. The van der Waals surface area contributed by atoms with E-state index in [1.807, 2.05) is 24.3 Å². The van der Waals surface area contributed by atoms with Crippen molar-refractivity contribution < 1.29 is 8.94 Å². The van der Waals surface area contributed by atoms with Crippen molar-refractivity contribution in [2.75, 3.05) is 5.73 Å². The summed E-state index contributed by atoms with van der Waals surface area (Å²) in [5.41, 5.74) is 7.27. The summed E-state index contributed by atoms with van der Waals surface area (Å²) in [6, 6.07) is 9.30. The van der Waals surface area contributed by atoms with Crippen LogP contribution in [0.15, 0.2) is 51.7 Å². The third-order valence-corrected chi connectivity index (χ3v) is 2.35. The highest BCUT2D eigenvalue weighted by atomic mass is 16.5. The first-order chi connectivity index (χ1) is 8.33. The van der Waals surface area contributed by atoms with Crippen LogP contribution in [0.1, 0.15) is 0 Å². The molecule has 0 spiro atoms. The molecule has 0 unspecified atom stereocenters. The Kier molecular flexibility index (Phi) is 2.15. The fraction of sp³-hybridized carbons (Fsp3) is 0. The zero-order valence-corrected chi connectivity index (χ0v) is 8.83. The average Bonchev–Trinajstić information content (AvgIpc) is 3.00. The van der Waals surface area contributed by atoms with Gasteiger partial charge >= 0.3 is 0 Å². The molecule has 0 amide bonds. The van der Waals surface area contributed by atoms with Crippen LogP contribution in [0.25, 0.3) is 22.8 Å². The molecule has 3 rings (SSSR count). The van der Waals surface area contributed by atoms with Gasteiger partial charge in [-0.1, -0.05) is 17.3 Å². The van der Waals surface area contributed by atoms with Crippen LogP contribution in [0.4, 0.5) is 5.82 Å². The van der Waals surface area contributed by atoms with Gasteiger partial charge in [0.25, 0.3) is 0 Å². The lowest BCUT2D eigenvalue weighted by atomic mass is 10.1. The summed E-state index contributed by atoms with van der Waals surface area (Å²) in [6.45, 7) is 0. The van der Waals surface area contributed by atoms with E-state index in [0.717, 1.165) is 11.1 Å². The molecule has 3 aromatic rings. The molecule has 0 atom stereocenters. The summed E-state index contributed by atoms with van der Waals surface area (Å²) >= 11 is 0. The minimum absolute atomic E-state index is 0.363. The molecule has 2 aromatic heterocycles. The summed E-state index contributed by atoms with van der Waals surface area (Å²) in [5.74, 6) is 1.55. The van der Waals surface area contributed by atoms with Crippen molar-refractivity contribution in [3.05, 3.63) is 42.8 Å². The lowest BCUT2D eigenvalue weighted by Gasteiger charge is -1.98. The van der Waals surface area contributed by atoms with Gasteiger partial charge in [-0.2, -0.15) is 0 Å². The molecule has 1 aromatic carbocycles. The van der Waals surface area contributed by atoms with Crippen molar-refractivity contribution in [3.63, 3.8) is 0 Å². The summed E-state index contributed by atoms with van der Waals surface area (Å²) < 4.78 is 10.3. The molecule has 0 fully saturated rings. The predicted octanol–water partition coefficient (Wildman–Crippen LogP) is 2.58. The van der Waals surface area contributed by atoms with E-state index in [2.05, 4.69) is 10.1 Å². The predicted molar refractivity (Wildman–Crippen MR) is 61.8 cm³/mol. The fourth-order valence-electron chi connectivity index (χ4n) is 1.60. The Morgan fingerprint density at radius 3 is 2.71 bits per heavy atom. The topological polar surface area (TPSA) is 78.1 Å². The van der Waals surface area contributed by atoms with Gasteiger partial charge < -0.3 is 14.7 Å². The van der Waals surface area contributed by atoms with Crippen molar-refractivity contribution in [2.24, 2.45) is 0 Å². The normalized spacial score (nSPS) is 10.6. The van der Waals surface area contributed by atoms with Crippen LogP contribution >= 0.6 is 0 Å². The Labute approximate surface area is 96.9 Å². The van der Waals surface area contributed by atoms with Gasteiger partial charge in [-0.15, -0.1) is 0 Å². The Hall–Kier alpha value is -2.56. The van der Waals surface area contributed by atoms with Crippen molar-refractivity contribution >= 4 is 5.82 Å². The average molecular weight is 227 g/mol. The van der Waals surface area contributed by atoms with E-state index in [4.69, 9.17) is 14.7 Å². The second kappa shape index (κ2) is 3.79. The zero-order chi connectivity index (χ0) is 11.7. The van der Waals surface area contributed by atoms with Crippen LogP contribution in [0.2, 0.25) is 0 Å². The second-order valence-electron chi connectivity index (χ2n) is 3.53. The van der Waals surface area contributed by atoms with Crippen LogP contribution in [-0.4, -0.2) is 10.1 Å². The van der Waals surface area contributed by atoms with Gasteiger partial charge in [-0.3, -0.25) is 0 Å². The highest BCUT2D eigenvalue weighted by Crippen LogP contribution is 2.26. The Morgan fingerprint density at radius 2 is 2.00 bits per heavy atom. The molecule has 0 saturated carbocycles. The standard InChI is InChI=1S/C12H9N3O2/c13-11-7-10(17-15-11)8-2-1-3-9(6-8)12-14-4-5-16-12/h1-7H,(H2,13,15). The lowest BCUT2D eigenvalue weighted by molar-refractivity contribution is 0.436. The van der Waals surface area contributed by atoms with Gasteiger partial charge in [-0.05, 0) is 12.1 Å². The van der Waals surface area contributed by atoms with Crippen molar-refractivity contribution in [2.45, 2.75) is 0 Å². The molecule has 0 radical (unpaired) electrons. The largest absolute Gasteiger partial charge is 0.445 e. The van der Waals surface area contributed by atoms with Gasteiger partial charge in [0.1, 0.15) is 6.26 Å². The fourth-order valence-corrected chi connectivity index (χ4v) is 1.60. The molecule has 0 saturated heterocycles. The smallest absolute Gasteiger partial charge is 0.225 e. The number of hydrogen-bond acceptors (Lipinski definition) is 5. The highest BCUT2D eigenvalue weighted by molar-refractivity contribution is 5.67. The quantitative estimate of drug-likeness (QED) is 0.727. The number of aromatic nitrogens is 2. The van der Waals surface area contributed by atoms with Gasteiger partial charge in [0.2, 0.25) is 5.89 Å². The van der Waals surface area contributed by atoms with Crippen molar-refractivity contribution in [1.82, 2.24) is 10.1 Å². The summed E-state index contributed by atoms with van der Waals surface area (Å²) in [4.78, 5) is 4.09. The molecule has 5 heteroatoms. The molecule has 2 N–H and O–H groups in total. The highest BCUT2D eigenvalue weighted by Gasteiger charge is 2.08. The number of benzene rings is 1. The van der Waals surface area contributed by atoms with E-state index in [1.54, 1.807) is 12.3 Å². The third-order valence-electron chi connectivity index (χ3n) is 2.35. The summed E-state index contributed by atoms with van der Waals surface area (Å²) in [7, 11) is 0. The minimum Gasteiger partial charge on any atom is -0.445 e. The number of hydrogen-bond donors (Lipinski definition) is 1. The zero-order valence-electron chi connectivity index (χ0n) is 8.83. The summed E-state index contributed by atoms with van der Waals surface area (Å²) in [5, 5.41) is 3.65. The number of nitrogen functional groups attached to an aromatic ring is 1. The minimum atomic E-state index is 0.363. The number of oxazole rings is 1. The van der Waals surface area contributed by atoms with Gasteiger partial charge in [0, 0.05) is 17.2 Å². The van der Waals surface area contributed by atoms with Crippen molar-refractivity contribution in [3.8, 4) is 22.8 Å². The second-order valence-corrected chi connectivity index (χ2v) is 3.53. The Morgan fingerprint density at radius 1 is 1.12 bits per heavy atom. The Balaban J connectivity index is 2.05. The van der Waals surface area contributed by atoms with Gasteiger partial charge in [0.05, 0.1) is 6.20 Å². The number of nitrogens with two attached hydrogens (primary N) is 1. The maximum absolute atomic E-state index is 5.51. The molecule has 84 valence electrons. The maximum atomic E-state index is 5.51. The molecule has 0 aliphatic carbocycles. The number of nitrogens with zero attached hydrogens (tertiary/aromatic N) is 2. The van der Waals surface area contributed by atoms with E-state index < -0.39 is 0 Å². The molecule has 2 heterocycles. The third kappa shape index (κ3) is 1.78. The first-order valence-corrected chi connectivity index (χ1v) is 5.05. The SMILES string of the molecule is Nc1cc(-c2cccc(-c3ncco3)c2)on1. The van der Waals surface area contributed by atoms with E-state index in [0.29, 0.717) is 17.5 Å². The molecular weight excluding hydrogens is 218 g/mol. The van der Waals surface area contributed by atoms with Crippen LogP contribution < -0.4 is 5.73 Å². The lowest BCUT2D eigenvalue weighted by Crippen LogP contribution is -1.80. The monoisotopic (exact) mass is 227 g/mol. The van der Waals surface area contributed by atoms with Gasteiger partial charge in [0.15, 0.2) is 11.6 Å². The molecule has 5 nitrogen and oxygen atoms in total. The first-order valence-electron chi connectivity index (χ1n) is 5.05. The summed E-state index contributed by atoms with van der Waals surface area (Å²) in [6.07, 6.45) is 3.14. The maximum Gasteiger partial charge on any atom is 0.225 e. The van der Waals surface area contributed by atoms with E-state index >= 15 is 0 Å². The van der Waals surface area contributed by atoms with Crippen LogP contribution in [0.3, 0.4) is 0 Å². The van der Waals surface area contributed by atoms with E-state index in [-0.39, 0.29) is 0 Å². The Bertz CT molecular complexity index is 629. The molecular formula is C12H9N3O2. The van der Waals surface area contributed by atoms with Crippen LogP contribution in [0.5, 0.6) is 0 Å². The number of rotatable bonds is 2. The van der Waals surface area contributed by atoms with Crippen LogP contribution in [-0.2, 0) is 0 Å². The van der Waals surface area contributed by atoms with Crippen molar-refractivity contribution in [1.29, 1.82) is 0 Å².